The zero-order valence-corrected chi connectivity index (χ0v) is 9.55. The van der Waals surface area contributed by atoms with E-state index in [9.17, 15) is 10.0 Å². The molecule has 1 N–H and O–H groups in total. The highest BCUT2D eigenvalue weighted by Crippen LogP contribution is 2.13. The molecule has 3 rings (SSSR count). The molecule has 0 amide bonds. The monoisotopic (exact) mass is 241 g/mol. The smallest absolute Gasteiger partial charge is 0.205 e. The highest BCUT2D eigenvalue weighted by molar-refractivity contribution is 5.79. The summed E-state index contributed by atoms with van der Waals surface area (Å²) in [6.45, 7) is 0.331. The zero-order valence-electron chi connectivity index (χ0n) is 9.55. The quantitative estimate of drug-likeness (QED) is 0.760. The number of rotatable bonds is 1. The van der Waals surface area contributed by atoms with Gasteiger partial charge in [-0.1, -0.05) is 18.2 Å². The van der Waals surface area contributed by atoms with E-state index < -0.39 is 0 Å². The van der Waals surface area contributed by atoms with Crippen LogP contribution in [0.1, 0.15) is 5.56 Å². The van der Waals surface area contributed by atoms with Gasteiger partial charge in [-0.15, -0.1) is 0 Å². The van der Waals surface area contributed by atoms with Crippen molar-refractivity contribution in [1.82, 2.24) is 0 Å². The van der Waals surface area contributed by atoms with Crippen molar-refractivity contribution in [2.45, 2.75) is 0 Å². The number of benzene rings is 1. The molecule has 1 aromatic carbocycles. The summed E-state index contributed by atoms with van der Waals surface area (Å²) in [5, 5.41) is 12.2. The lowest BCUT2D eigenvalue weighted by molar-refractivity contribution is -0.761. The number of nitrogens with one attached hydrogen (secondary N) is 1. The van der Waals surface area contributed by atoms with Crippen LogP contribution >= 0.6 is 0 Å². The molecule has 2 aromatic rings. The Bertz CT molecular complexity index is 712. The SMILES string of the molecule is O=c1c(C2=CC=CC[NH+]2[O-])coc2ccccc12. The number of hydrogen-bond donors (Lipinski definition) is 1. The number of para-hydroxylation sites is 1. The molecule has 0 bridgehead atoms. The molecule has 90 valence electrons. The molecule has 2 heterocycles. The van der Waals surface area contributed by atoms with Crippen LogP contribution in [0, 0.1) is 5.21 Å². The molecule has 0 saturated carbocycles. The highest BCUT2D eigenvalue weighted by Gasteiger charge is 2.17. The fourth-order valence-corrected chi connectivity index (χ4v) is 2.05. The summed E-state index contributed by atoms with van der Waals surface area (Å²) in [5.41, 5.74) is 1.14. The summed E-state index contributed by atoms with van der Waals surface area (Å²) in [5.74, 6) is 0. The van der Waals surface area contributed by atoms with Crippen molar-refractivity contribution < 1.29 is 9.48 Å². The molecule has 18 heavy (non-hydrogen) atoms. The van der Waals surface area contributed by atoms with E-state index in [2.05, 4.69) is 0 Å². The van der Waals surface area contributed by atoms with Gasteiger partial charge < -0.3 is 14.7 Å². The summed E-state index contributed by atoms with van der Waals surface area (Å²) in [4.78, 5) is 12.3. The van der Waals surface area contributed by atoms with Crippen molar-refractivity contribution in [2.24, 2.45) is 0 Å². The summed E-state index contributed by atoms with van der Waals surface area (Å²) < 4.78 is 5.41. The fraction of sp³-hybridized carbons (Fsp3) is 0.0714. The van der Waals surface area contributed by atoms with Crippen molar-refractivity contribution in [1.29, 1.82) is 0 Å². The maximum atomic E-state index is 12.3. The van der Waals surface area contributed by atoms with Crippen LogP contribution in [0.15, 0.2) is 58.0 Å². The van der Waals surface area contributed by atoms with E-state index in [1.807, 2.05) is 0 Å². The van der Waals surface area contributed by atoms with Crippen molar-refractivity contribution in [3.63, 3.8) is 0 Å². The second-order valence-electron chi connectivity index (χ2n) is 4.11. The molecule has 0 saturated heterocycles. The van der Waals surface area contributed by atoms with Gasteiger partial charge in [-0.05, 0) is 18.2 Å². The van der Waals surface area contributed by atoms with E-state index in [0.29, 0.717) is 28.8 Å². The van der Waals surface area contributed by atoms with E-state index in [0.717, 1.165) is 0 Å². The van der Waals surface area contributed by atoms with Gasteiger partial charge >= 0.3 is 0 Å². The molecular weight excluding hydrogens is 230 g/mol. The van der Waals surface area contributed by atoms with Gasteiger partial charge in [-0.3, -0.25) is 4.79 Å². The third kappa shape index (κ3) is 1.68. The minimum Gasteiger partial charge on any atom is -0.629 e. The fourth-order valence-electron chi connectivity index (χ4n) is 2.05. The van der Waals surface area contributed by atoms with Gasteiger partial charge in [-0.25, -0.2) is 0 Å². The Balaban J connectivity index is 2.25. The molecule has 0 radical (unpaired) electrons. The summed E-state index contributed by atoms with van der Waals surface area (Å²) in [6, 6.07) is 7.02. The number of fused-ring (bicyclic) bond motifs is 1. The first-order chi connectivity index (χ1) is 8.77. The molecule has 1 aliphatic rings. The van der Waals surface area contributed by atoms with Crippen LogP contribution in [0.2, 0.25) is 0 Å². The topological polar surface area (TPSA) is 57.7 Å². The second kappa shape index (κ2) is 4.25. The Hall–Kier alpha value is -2.17. The van der Waals surface area contributed by atoms with Crippen molar-refractivity contribution in [3.05, 3.63) is 69.8 Å². The Kier molecular flexibility index (Phi) is 2.59. The van der Waals surface area contributed by atoms with E-state index >= 15 is 0 Å². The van der Waals surface area contributed by atoms with Crippen LogP contribution in [-0.4, -0.2) is 6.54 Å². The van der Waals surface area contributed by atoms with Gasteiger partial charge in [0.2, 0.25) is 5.43 Å². The Morgan fingerprint density at radius 2 is 2.11 bits per heavy atom. The summed E-state index contributed by atoms with van der Waals surface area (Å²) >= 11 is 0. The van der Waals surface area contributed by atoms with Crippen LogP contribution in [0.5, 0.6) is 0 Å². The summed E-state index contributed by atoms with van der Waals surface area (Å²) in [7, 11) is 0. The standard InChI is InChI=1S/C14H11NO3/c16-14-10-5-1-2-7-13(10)18-9-11(14)12-6-3-4-8-15(12)17/h1-7,9,15H,8H2. The first-order valence-corrected chi connectivity index (χ1v) is 5.68. The largest absolute Gasteiger partial charge is 0.629 e. The van der Waals surface area contributed by atoms with Gasteiger partial charge in [0, 0.05) is 6.08 Å². The third-order valence-electron chi connectivity index (χ3n) is 2.97. The van der Waals surface area contributed by atoms with Crippen molar-refractivity contribution in [2.75, 3.05) is 6.54 Å². The lowest BCUT2D eigenvalue weighted by Gasteiger charge is -2.24. The van der Waals surface area contributed by atoms with Crippen LogP contribution in [0.25, 0.3) is 16.7 Å². The zero-order chi connectivity index (χ0) is 12.5. The minimum absolute atomic E-state index is 0.0555. The van der Waals surface area contributed by atoms with Gasteiger partial charge in [0.15, 0.2) is 0 Å². The molecule has 0 spiro atoms. The normalized spacial score (nSPS) is 18.9. The maximum absolute atomic E-state index is 12.3. The predicted molar refractivity (Wildman–Crippen MR) is 68.8 cm³/mol. The lowest BCUT2D eigenvalue weighted by atomic mass is 10.1. The van der Waals surface area contributed by atoms with Crippen LogP contribution < -0.4 is 10.5 Å². The Morgan fingerprint density at radius 1 is 1.28 bits per heavy atom. The molecule has 1 unspecified atom stereocenters. The predicted octanol–water partition coefficient (Wildman–Crippen LogP) is 1.09. The van der Waals surface area contributed by atoms with Crippen molar-refractivity contribution >= 4 is 16.7 Å². The molecular formula is C14H11NO3. The molecule has 1 atom stereocenters. The first-order valence-electron chi connectivity index (χ1n) is 5.68. The molecule has 4 nitrogen and oxygen atoms in total. The molecule has 1 aliphatic heterocycles. The van der Waals surface area contributed by atoms with Gasteiger partial charge in [0.1, 0.15) is 29.7 Å². The number of quaternary nitrogens is 1. The lowest BCUT2D eigenvalue weighted by Crippen LogP contribution is -3.04. The van der Waals surface area contributed by atoms with Crippen LogP contribution in [0.3, 0.4) is 0 Å². The van der Waals surface area contributed by atoms with E-state index in [4.69, 9.17) is 4.42 Å². The van der Waals surface area contributed by atoms with E-state index in [1.165, 1.54) is 6.26 Å². The van der Waals surface area contributed by atoms with Crippen molar-refractivity contribution in [3.8, 4) is 0 Å². The van der Waals surface area contributed by atoms with E-state index in [1.54, 1.807) is 42.5 Å². The molecule has 0 aliphatic carbocycles. The maximum Gasteiger partial charge on any atom is 0.205 e. The highest BCUT2D eigenvalue weighted by atomic mass is 16.5. The first kappa shape index (κ1) is 11.0. The summed E-state index contributed by atoms with van der Waals surface area (Å²) in [6.07, 6.45) is 6.58. The second-order valence-corrected chi connectivity index (χ2v) is 4.11. The number of hydrogen-bond acceptors (Lipinski definition) is 3. The van der Waals surface area contributed by atoms with Crippen LogP contribution in [0.4, 0.5) is 0 Å². The number of allylic oxidation sites excluding steroid dienone is 2. The van der Waals surface area contributed by atoms with Crippen LogP contribution in [-0.2, 0) is 0 Å². The van der Waals surface area contributed by atoms with Gasteiger partial charge in [0.25, 0.3) is 0 Å². The Morgan fingerprint density at radius 3 is 2.94 bits per heavy atom. The van der Waals surface area contributed by atoms with Gasteiger partial charge in [0.05, 0.1) is 5.39 Å². The molecule has 0 fully saturated rings. The molecule has 4 heteroatoms. The minimum atomic E-state index is -0.160. The number of hydroxylamine groups is 2. The molecule has 1 aromatic heterocycles. The third-order valence-corrected chi connectivity index (χ3v) is 2.97. The average molecular weight is 241 g/mol. The van der Waals surface area contributed by atoms with Gasteiger partial charge in [-0.2, -0.15) is 0 Å². The average Bonchev–Trinajstić information content (AvgIpc) is 2.41. The van der Waals surface area contributed by atoms with E-state index in [-0.39, 0.29) is 10.5 Å². The Labute approximate surface area is 103 Å².